The van der Waals surface area contributed by atoms with Gasteiger partial charge in [-0.3, -0.25) is 14.6 Å². The fraction of sp³-hybridized carbons (Fsp3) is 0.0667. The number of benzene rings is 1. The highest BCUT2D eigenvalue weighted by Gasteiger charge is 2.07. The number of hydrogen-bond donors (Lipinski definition) is 3. The van der Waals surface area contributed by atoms with Crippen molar-refractivity contribution in [2.24, 2.45) is 5.10 Å². The summed E-state index contributed by atoms with van der Waals surface area (Å²) in [6.45, 7) is -0.191. The molecule has 0 unspecified atom stereocenters. The van der Waals surface area contributed by atoms with Crippen molar-refractivity contribution >= 4 is 63.2 Å². The molecule has 1 aromatic heterocycles. The van der Waals surface area contributed by atoms with Crippen molar-refractivity contribution in [1.29, 1.82) is 0 Å². The van der Waals surface area contributed by atoms with E-state index in [1.807, 2.05) is 45.2 Å². The molecule has 0 atom stereocenters. The maximum atomic E-state index is 11.8. The van der Waals surface area contributed by atoms with Crippen LogP contribution in [-0.4, -0.2) is 34.7 Å². The van der Waals surface area contributed by atoms with Gasteiger partial charge in [0.25, 0.3) is 11.8 Å². The van der Waals surface area contributed by atoms with Gasteiger partial charge < -0.3 is 10.4 Å². The Labute approximate surface area is 165 Å². The molecule has 0 spiro atoms. The Hall–Kier alpha value is -1.76. The molecular weight excluding hydrogens is 538 g/mol. The third-order valence-electron chi connectivity index (χ3n) is 2.79. The van der Waals surface area contributed by atoms with Crippen molar-refractivity contribution in [3.63, 3.8) is 0 Å². The summed E-state index contributed by atoms with van der Waals surface area (Å²) in [6.07, 6.45) is 4.46. The average molecular weight is 550 g/mol. The van der Waals surface area contributed by atoms with E-state index in [4.69, 9.17) is 0 Å². The molecule has 1 aromatic carbocycles. The Bertz CT molecular complexity index is 759. The number of nitrogens with zero attached hydrogens (tertiary/aromatic N) is 2. The lowest BCUT2D eigenvalue weighted by molar-refractivity contribution is -0.120. The lowest BCUT2D eigenvalue weighted by atomic mass is 10.2. The number of aromatic nitrogens is 1. The summed E-state index contributed by atoms with van der Waals surface area (Å²) in [7, 11) is 0. The predicted molar refractivity (Wildman–Crippen MR) is 106 cm³/mol. The number of phenols is 1. The Kier molecular flexibility index (Phi) is 6.90. The quantitative estimate of drug-likeness (QED) is 0.301. The normalized spacial score (nSPS) is 10.6. The highest BCUT2D eigenvalue weighted by Crippen LogP contribution is 2.26. The minimum atomic E-state index is -0.447. The Morgan fingerprint density at radius 3 is 2.46 bits per heavy atom. The zero-order valence-corrected chi connectivity index (χ0v) is 16.5. The number of hydrogen-bond acceptors (Lipinski definition) is 5. The molecule has 3 N–H and O–H groups in total. The molecule has 0 aliphatic carbocycles. The maximum absolute atomic E-state index is 11.8. The first-order valence-corrected chi connectivity index (χ1v) is 8.81. The Morgan fingerprint density at radius 2 is 1.83 bits per heavy atom. The molecule has 124 valence electrons. The fourth-order valence-corrected chi connectivity index (χ4v) is 3.46. The summed E-state index contributed by atoms with van der Waals surface area (Å²) in [4.78, 5) is 27.2. The van der Waals surface area contributed by atoms with E-state index in [1.165, 1.54) is 18.6 Å². The maximum Gasteiger partial charge on any atom is 0.259 e. The van der Waals surface area contributed by atoms with Crippen LogP contribution in [0, 0.1) is 7.14 Å². The van der Waals surface area contributed by atoms with E-state index in [-0.39, 0.29) is 18.2 Å². The largest absolute Gasteiger partial charge is 0.506 e. The molecule has 1 heterocycles. The lowest BCUT2D eigenvalue weighted by Gasteiger charge is -2.04. The van der Waals surface area contributed by atoms with Crippen LogP contribution >= 0.6 is 45.2 Å². The van der Waals surface area contributed by atoms with Gasteiger partial charge >= 0.3 is 0 Å². The van der Waals surface area contributed by atoms with Crippen molar-refractivity contribution in [2.75, 3.05) is 6.54 Å². The summed E-state index contributed by atoms with van der Waals surface area (Å²) in [6, 6.07) is 6.58. The van der Waals surface area contributed by atoms with E-state index >= 15 is 0 Å². The van der Waals surface area contributed by atoms with Crippen molar-refractivity contribution in [1.82, 2.24) is 15.7 Å². The third kappa shape index (κ3) is 5.40. The summed E-state index contributed by atoms with van der Waals surface area (Å²) >= 11 is 4.02. The second kappa shape index (κ2) is 8.92. The molecule has 7 nitrogen and oxygen atoms in total. The van der Waals surface area contributed by atoms with Gasteiger partial charge in [0.05, 0.1) is 19.9 Å². The van der Waals surface area contributed by atoms with Crippen LogP contribution in [0.5, 0.6) is 5.75 Å². The second-order valence-corrected chi connectivity index (χ2v) is 6.87. The molecule has 0 aliphatic heterocycles. The number of pyridine rings is 1. The van der Waals surface area contributed by atoms with Gasteiger partial charge in [-0.25, -0.2) is 5.43 Å². The highest BCUT2D eigenvalue weighted by molar-refractivity contribution is 14.1. The molecule has 0 bridgehead atoms. The molecule has 0 saturated heterocycles. The zero-order valence-electron chi connectivity index (χ0n) is 12.2. The first-order valence-electron chi connectivity index (χ1n) is 6.65. The van der Waals surface area contributed by atoms with Gasteiger partial charge in [-0.15, -0.1) is 0 Å². The minimum absolute atomic E-state index is 0.191. The van der Waals surface area contributed by atoms with E-state index in [0.717, 1.165) is 5.56 Å². The van der Waals surface area contributed by atoms with Crippen LogP contribution in [-0.2, 0) is 4.79 Å². The van der Waals surface area contributed by atoms with Gasteiger partial charge in [0.2, 0.25) is 0 Å². The van der Waals surface area contributed by atoms with Crippen LogP contribution in [0.4, 0.5) is 0 Å². The molecule has 9 heteroatoms. The van der Waals surface area contributed by atoms with Crippen molar-refractivity contribution in [3.8, 4) is 5.75 Å². The Balaban J connectivity index is 1.84. The van der Waals surface area contributed by atoms with Crippen LogP contribution in [0.2, 0.25) is 0 Å². The average Bonchev–Trinajstić information content (AvgIpc) is 2.58. The number of aromatic hydroxyl groups is 1. The summed E-state index contributed by atoms with van der Waals surface area (Å²) < 4.78 is 1.38. The van der Waals surface area contributed by atoms with Crippen LogP contribution in [0.1, 0.15) is 15.9 Å². The Morgan fingerprint density at radius 1 is 1.21 bits per heavy atom. The number of rotatable bonds is 5. The topological polar surface area (TPSA) is 104 Å². The minimum Gasteiger partial charge on any atom is -0.506 e. The number of amides is 2. The number of nitrogens with one attached hydrogen (secondary N) is 2. The van der Waals surface area contributed by atoms with E-state index < -0.39 is 5.91 Å². The summed E-state index contributed by atoms with van der Waals surface area (Å²) in [5, 5.41) is 16.0. The summed E-state index contributed by atoms with van der Waals surface area (Å²) in [5.74, 6) is -0.591. The van der Waals surface area contributed by atoms with Crippen LogP contribution in [0.15, 0.2) is 41.8 Å². The fourth-order valence-electron chi connectivity index (χ4n) is 1.64. The zero-order chi connectivity index (χ0) is 17.5. The SMILES string of the molecule is O=C(CNC(=O)c1ccncc1)NN=Cc1cc(I)c(O)c(I)c1. The monoisotopic (exact) mass is 550 g/mol. The van der Waals surface area contributed by atoms with Crippen molar-refractivity contribution < 1.29 is 14.7 Å². The number of hydrazone groups is 1. The van der Waals surface area contributed by atoms with Gasteiger partial charge in [-0.2, -0.15) is 5.10 Å². The van der Waals surface area contributed by atoms with E-state index in [0.29, 0.717) is 12.7 Å². The molecule has 0 aliphatic rings. The number of carbonyl (C=O) groups excluding carboxylic acids is 2. The molecule has 2 aromatic rings. The van der Waals surface area contributed by atoms with Crippen molar-refractivity contribution in [3.05, 3.63) is 54.9 Å². The van der Waals surface area contributed by atoms with Crippen LogP contribution < -0.4 is 10.7 Å². The number of carbonyl (C=O) groups is 2. The molecule has 2 amide bonds. The van der Waals surface area contributed by atoms with E-state index in [1.54, 1.807) is 24.3 Å². The number of halogens is 2. The standard InChI is InChI=1S/C15H12I2N4O3/c16-11-5-9(6-12(17)14(11)23)7-20-21-13(22)8-19-15(24)10-1-3-18-4-2-10/h1-7,23H,8H2,(H,19,24)(H,21,22). The van der Waals surface area contributed by atoms with Crippen molar-refractivity contribution in [2.45, 2.75) is 0 Å². The third-order valence-corrected chi connectivity index (χ3v) is 4.44. The first-order chi connectivity index (χ1) is 11.5. The molecule has 2 rings (SSSR count). The van der Waals surface area contributed by atoms with E-state index in [2.05, 4.69) is 20.8 Å². The van der Waals surface area contributed by atoms with E-state index in [9.17, 15) is 14.7 Å². The molecule has 24 heavy (non-hydrogen) atoms. The second-order valence-electron chi connectivity index (χ2n) is 4.54. The smallest absolute Gasteiger partial charge is 0.259 e. The highest BCUT2D eigenvalue weighted by atomic mass is 127. The predicted octanol–water partition coefficient (Wildman–Crippen LogP) is 1.88. The van der Waals surface area contributed by atoms with Gasteiger partial charge in [-0.1, -0.05) is 0 Å². The lowest BCUT2D eigenvalue weighted by Crippen LogP contribution is -2.34. The van der Waals surface area contributed by atoms with Gasteiger partial charge in [0.15, 0.2) is 0 Å². The molecule has 0 fully saturated rings. The van der Waals surface area contributed by atoms with Crippen LogP contribution in [0.25, 0.3) is 0 Å². The summed E-state index contributed by atoms with van der Waals surface area (Å²) in [5.41, 5.74) is 3.49. The number of phenolic OH excluding ortho intramolecular Hbond substituents is 1. The first kappa shape index (κ1) is 18.6. The van der Waals surface area contributed by atoms with Crippen LogP contribution in [0.3, 0.4) is 0 Å². The molecular formula is C15H12I2N4O3. The molecule has 0 radical (unpaired) electrons. The van der Waals surface area contributed by atoms with Gasteiger partial charge in [0.1, 0.15) is 5.75 Å². The molecule has 0 saturated carbocycles. The van der Waals surface area contributed by atoms with Gasteiger partial charge in [-0.05, 0) is 75.0 Å². The van der Waals surface area contributed by atoms with Gasteiger partial charge in [0, 0.05) is 18.0 Å².